The molecule has 2 aromatic rings. The Morgan fingerprint density at radius 3 is 2.76 bits per heavy atom. The molecule has 6 nitrogen and oxygen atoms in total. The molecule has 0 bridgehead atoms. The van der Waals surface area contributed by atoms with Crippen molar-refractivity contribution in [1.29, 1.82) is 0 Å². The van der Waals surface area contributed by atoms with E-state index in [2.05, 4.69) is 10.0 Å². The lowest BCUT2D eigenvalue weighted by atomic mass is 10.2. The highest BCUT2D eigenvalue weighted by Gasteiger charge is 2.18. The molecule has 0 saturated heterocycles. The highest BCUT2D eigenvalue weighted by molar-refractivity contribution is 7.89. The first-order valence-corrected chi connectivity index (χ1v) is 8.64. The van der Waals surface area contributed by atoms with Crippen LogP contribution >= 0.6 is 11.3 Å². The van der Waals surface area contributed by atoms with Crippen LogP contribution in [-0.2, 0) is 10.0 Å². The fourth-order valence-corrected chi connectivity index (χ4v) is 3.45. The average molecular weight is 327 g/mol. The molecule has 21 heavy (non-hydrogen) atoms. The van der Waals surface area contributed by atoms with Crippen LogP contribution in [0.3, 0.4) is 0 Å². The largest absolute Gasteiger partial charge is 0.399 e. The van der Waals surface area contributed by atoms with Crippen molar-refractivity contribution < 1.29 is 13.5 Å². The predicted molar refractivity (Wildman–Crippen MR) is 84.9 cm³/mol. The first kappa shape index (κ1) is 15.8. The number of nitrogen functional groups attached to an aromatic ring is 1. The van der Waals surface area contributed by atoms with Crippen LogP contribution in [0.5, 0.6) is 0 Å². The molecule has 1 atom stereocenters. The summed E-state index contributed by atoms with van der Waals surface area (Å²) in [6.07, 6.45) is -0.709. The van der Waals surface area contributed by atoms with Crippen LogP contribution in [0.4, 0.5) is 11.4 Å². The molecular formula is C13H17N3O3S2. The van der Waals surface area contributed by atoms with Gasteiger partial charge in [-0.1, -0.05) is 0 Å². The van der Waals surface area contributed by atoms with Gasteiger partial charge in [-0.15, -0.1) is 0 Å². The van der Waals surface area contributed by atoms with Crippen molar-refractivity contribution in [3.8, 4) is 0 Å². The van der Waals surface area contributed by atoms with Crippen LogP contribution in [0, 0.1) is 0 Å². The summed E-state index contributed by atoms with van der Waals surface area (Å²) in [6.45, 7) is 0.201. The molecule has 0 radical (unpaired) electrons. The monoisotopic (exact) mass is 327 g/mol. The molecule has 0 amide bonds. The number of sulfonamides is 1. The molecule has 0 saturated carbocycles. The van der Waals surface area contributed by atoms with Crippen molar-refractivity contribution in [2.75, 3.05) is 24.6 Å². The predicted octanol–water partition coefficient (Wildman–Crippen LogP) is 1.38. The molecule has 0 spiro atoms. The van der Waals surface area contributed by atoms with Gasteiger partial charge in [-0.25, -0.2) is 13.1 Å². The molecular weight excluding hydrogens is 310 g/mol. The molecule has 1 aromatic heterocycles. The molecule has 0 aliphatic heterocycles. The van der Waals surface area contributed by atoms with Crippen LogP contribution < -0.4 is 15.8 Å². The lowest BCUT2D eigenvalue weighted by Gasteiger charge is -2.15. The number of aliphatic hydroxyl groups excluding tert-OH is 1. The Kier molecular flexibility index (Phi) is 4.84. The van der Waals surface area contributed by atoms with E-state index in [1.54, 1.807) is 12.1 Å². The maximum absolute atomic E-state index is 12.0. The number of anilines is 2. The fraction of sp³-hybridized carbons (Fsp3) is 0.231. The molecule has 0 aliphatic rings. The van der Waals surface area contributed by atoms with Gasteiger partial charge in [-0.3, -0.25) is 0 Å². The highest BCUT2D eigenvalue weighted by Crippen LogP contribution is 2.25. The fourth-order valence-electron chi connectivity index (χ4n) is 1.81. The zero-order chi connectivity index (χ0) is 15.5. The standard InChI is InChI=1S/C13H17N3O3S2/c1-15-21(18,19)13-6-10(14)2-3-11(13)16-7-12(17)9-4-5-20-8-9/h2-6,8,12,15-17H,7,14H2,1H3. The Morgan fingerprint density at radius 1 is 1.38 bits per heavy atom. The van der Waals surface area contributed by atoms with Crippen molar-refractivity contribution in [1.82, 2.24) is 4.72 Å². The number of nitrogens with one attached hydrogen (secondary N) is 2. The van der Waals surface area contributed by atoms with Crippen molar-refractivity contribution in [3.05, 3.63) is 40.6 Å². The maximum Gasteiger partial charge on any atom is 0.242 e. The molecule has 114 valence electrons. The summed E-state index contributed by atoms with van der Waals surface area (Å²) < 4.78 is 26.2. The minimum atomic E-state index is -3.63. The number of hydrogen-bond acceptors (Lipinski definition) is 6. The zero-order valence-electron chi connectivity index (χ0n) is 11.4. The summed E-state index contributed by atoms with van der Waals surface area (Å²) in [7, 11) is -2.29. The number of benzene rings is 1. The van der Waals surface area contributed by atoms with E-state index >= 15 is 0 Å². The smallest absolute Gasteiger partial charge is 0.242 e. The maximum atomic E-state index is 12.0. The second-order valence-electron chi connectivity index (χ2n) is 4.42. The summed E-state index contributed by atoms with van der Waals surface area (Å²) in [6, 6.07) is 6.39. The molecule has 2 rings (SSSR count). The first-order valence-electron chi connectivity index (χ1n) is 6.21. The lowest BCUT2D eigenvalue weighted by molar-refractivity contribution is 0.192. The highest BCUT2D eigenvalue weighted by atomic mass is 32.2. The second kappa shape index (κ2) is 6.44. The topological polar surface area (TPSA) is 104 Å². The molecule has 0 aliphatic carbocycles. The van der Waals surface area contributed by atoms with Gasteiger partial charge < -0.3 is 16.2 Å². The minimum Gasteiger partial charge on any atom is -0.399 e. The molecule has 1 unspecified atom stereocenters. The molecule has 1 aromatic carbocycles. The van der Waals surface area contributed by atoms with Crippen LogP contribution in [-0.4, -0.2) is 27.1 Å². The Balaban J connectivity index is 2.20. The van der Waals surface area contributed by atoms with E-state index in [4.69, 9.17) is 5.73 Å². The lowest BCUT2D eigenvalue weighted by Crippen LogP contribution is -2.21. The summed E-state index contributed by atoms with van der Waals surface area (Å²) >= 11 is 1.49. The molecule has 0 fully saturated rings. The van der Waals surface area contributed by atoms with Crippen molar-refractivity contribution in [3.63, 3.8) is 0 Å². The number of aliphatic hydroxyl groups is 1. The van der Waals surface area contributed by atoms with E-state index in [0.29, 0.717) is 11.4 Å². The third-order valence-corrected chi connectivity index (χ3v) is 5.13. The van der Waals surface area contributed by atoms with E-state index in [1.807, 2.05) is 16.8 Å². The van der Waals surface area contributed by atoms with Gasteiger partial charge in [0.1, 0.15) is 4.90 Å². The van der Waals surface area contributed by atoms with Crippen LogP contribution in [0.15, 0.2) is 39.9 Å². The number of thiophene rings is 1. The number of hydrogen-bond donors (Lipinski definition) is 4. The number of nitrogens with two attached hydrogens (primary N) is 1. The van der Waals surface area contributed by atoms with Gasteiger partial charge in [-0.05, 0) is 47.6 Å². The Morgan fingerprint density at radius 2 is 2.14 bits per heavy atom. The van der Waals surface area contributed by atoms with Gasteiger partial charge >= 0.3 is 0 Å². The van der Waals surface area contributed by atoms with Crippen LogP contribution in [0.25, 0.3) is 0 Å². The summed E-state index contributed by atoms with van der Waals surface area (Å²) in [4.78, 5) is 0.0579. The third-order valence-electron chi connectivity index (χ3n) is 2.98. The van der Waals surface area contributed by atoms with E-state index in [9.17, 15) is 13.5 Å². The Bertz CT molecular complexity index is 699. The normalized spacial score (nSPS) is 13.0. The zero-order valence-corrected chi connectivity index (χ0v) is 13.0. The SMILES string of the molecule is CNS(=O)(=O)c1cc(N)ccc1NCC(O)c1ccsc1. The molecule has 1 heterocycles. The van der Waals surface area contributed by atoms with Gasteiger partial charge in [0, 0.05) is 12.2 Å². The number of rotatable bonds is 6. The van der Waals surface area contributed by atoms with Crippen molar-refractivity contribution >= 4 is 32.7 Å². The molecule has 5 N–H and O–H groups in total. The van der Waals surface area contributed by atoms with E-state index < -0.39 is 16.1 Å². The van der Waals surface area contributed by atoms with E-state index in [0.717, 1.165) is 5.56 Å². The summed E-state index contributed by atoms with van der Waals surface area (Å²) in [5.41, 5.74) is 7.19. The molecule has 8 heteroatoms. The van der Waals surface area contributed by atoms with Gasteiger partial charge in [0.25, 0.3) is 0 Å². The third kappa shape index (κ3) is 3.73. The summed E-state index contributed by atoms with van der Waals surface area (Å²) in [5.74, 6) is 0. The van der Waals surface area contributed by atoms with Gasteiger partial charge in [0.15, 0.2) is 0 Å². The van der Waals surface area contributed by atoms with Gasteiger partial charge in [0.2, 0.25) is 10.0 Å². The minimum absolute atomic E-state index is 0.0579. The van der Waals surface area contributed by atoms with Crippen molar-refractivity contribution in [2.45, 2.75) is 11.0 Å². The van der Waals surface area contributed by atoms with Crippen LogP contribution in [0.2, 0.25) is 0 Å². The quantitative estimate of drug-likeness (QED) is 0.600. The first-order chi connectivity index (χ1) is 9.94. The van der Waals surface area contributed by atoms with Gasteiger partial charge in [-0.2, -0.15) is 11.3 Å². The second-order valence-corrected chi connectivity index (χ2v) is 7.05. The van der Waals surface area contributed by atoms with E-state index in [1.165, 1.54) is 24.5 Å². The summed E-state index contributed by atoms with van der Waals surface area (Å²) in [5, 5.41) is 16.7. The van der Waals surface area contributed by atoms with Crippen molar-refractivity contribution in [2.24, 2.45) is 0 Å². The Labute approximate surface area is 127 Å². The average Bonchev–Trinajstić information content (AvgIpc) is 2.99. The Hall–Kier alpha value is -1.61. The van der Waals surface area contributed by atoms with E-state index in [-0.39, 0.29) is 11.4 Å². The van der Waals surface area contributed by atoms with Crippen LogP contribution in [0.1, 0.15) is 11.7 Å². The van der Waals surface area contributed by atoms with Gasteiger partial charge in [0.05, 0.1) is 11.8 Å².